The number of hydrogen-bond donors (Lipinski definition) is 1. The smallest absolute Gasteiger partial charge is 0.246 e. The van der Waals surface area contributed by atoms with E-state index in [1.54, 1.807) is 24.0 Å². The van der Waals surface area contributed by atoms with Gasteiger partial charge in [-0.2, -0.15) is 4.31 Å². The lowest BCUT2D eigenvalue weighted by Crippen LogP contribution is -2.28. The summed E-state index contributed by atoms with van der Waals surface area (Å²) in [5, 5.41) is 0. The molecule has 0 fully saturated rings. The summed E-state index contributed by atoms with van der Waals surface area (Å²) in [7, 11) is -0.838. The molecular formula is C12H15FN4O2S. The van der Waals surface area contributed by atoms with Gasteiger partial charge >= 0.3 is 0 Å². The molecule has 0 amide bonds. The zero-order chi connectivity index (χ0) is 14.9. The maximum Gasteiger partial charge on any atom is 0.246 e. The first kappa shape index (κ1) is 14.5. The van der Waals surface area contributed by atoms with Crippen LogP contribution >= 0.6 is 0 Å². The van der Waals surface area contributed by atoms with Crippen molar-refractivity contribution in [2.45, 2.75) is 11.4 Å². The zero-order valence-corrected chi connectivity index (χ0v) is 11.9. The Kier molecular flexibility index (Phi) is 3.78. The van der Waals surface area contributed by atoms with Gasteiger partial charge in [-0.05, 0) is 18.2 Å². The van der Waals surface area contributed by atoms with Gasteiger partial charge in [0.05, 0.1) is 6.54 Å². The van der Waals surface area contributed by atoms with Crippen LogP contribution in [0.1, 0.15) is 5.82 Å². The van der Waals surface area contributed by atoms with Gasteiger partial charge in [0.2, 0.25) is 10.0 Å². The second kappa shape index (κ2) is 5.22. The van der Waals surface area contributed by atoms with Crippen molar-refractivity contribution in [2.75, 3.05) is 12.8 Å². The van der Waals surface area contributed by atoms with Crippen LogP contribution in [-0.4, -0.2) is 29.3 Å². The van der Waals surface area contributed by atoms with Gasteiger partial charge in [0.25, 0.3) is 0 Å². The highest BCUT2D eigenvalue weighted by Gasteiger charge is 2.25. The molecule has 2 N–H and O–H groups in total. The van der Waals surface area contributed by atoms with E-state index in [1.807, 2.05) is 0 Å². The number of anilines is 1. The Morgan fingerprint density at radius 1 is 1.45 bits per heavy atom. The maximum atomic E-state index is 13.7. The third kappa shape index (κ3) is 2.66. The van der Waals surface area contributed by atoms with Crippen molar-refractivity contribution in [1.29, 1.82) is 0 Å². The van der Waals surface area contributed by atoms with Crippen molar-refractivity contribution in [2.24, 2.45) is 7.05 Å². The number of hydrogen-bond acceptors (Lipinski definition) is 4. The van der Waals surface area contributed by atoms with Crippen molar-refractivity contribution in [3.05, 3.63) is 42.2 Å². The summed E-state index contributed by atoms with van der Waals surface area (Å²) >= 11 is 0. The average molecular weight is 298 g/mol. The first-order valence-electron chi connectivity index (χ1n) is 5.80. The van der Waals surface area contributed by atoms with E-state index in [2.05, 4.69) is 4.98 Å². The summed E-state index contributed by atoms with van der Waals surface area (Å²) in [6.07, 6.45) is 3.27. The minimum absolute atomic E-state index is 0.0417. The van der Waals surface area contributed by atoms with Gasteiger partial charge in [-0.25, -0.2) is 17.8 Å². The van der Waals surface area contributed by atoms with Crippen LogP contribution in [0.15, 0.2) is 35.5 Å². The van der Waals surface area contributed by atoms with Crippen LogP contribution in [0.25, 0.3) is 0 Å². The predicted octanol–water partition coefficient (Wildman–Crippen LogP) is 0.962. The second-order valence-corrected chi connectivity index (χ2v) is 6.42. The Bertz CT molecular complexity index is 727. The van der Waals surface area contributed by atoms with Gasteiger partial charge in [0.15, 0.2) is 0 Å². The molecule has 2 rings (SSSR count). The Balaban J connectivity index is 2.35. The fourth-order valence-corrected chi connectivity index (χ4v) is 2.94. The molecule has 2 aromatic rings. The normalized spacial score (nSPS) is 12.0. The third-order valence-electron chi connectivity index (χ3n) is 2.93. The fourth-order valence-electron chi connectivity index (χ4n) is 1.72. The number of nitrogens with zero attached hydrogens (tertiary/aromatic N) is 3. The molecule has 0 radical (unpaired) electrons. The Hall–Kier alpha value is -1.93. The molecule has 20 heavy (non-hydrogen) atoms. The number of rotatable bonds is 4. The van der Waals surface area contributed by atoms with E-state index in [1.165, 1.54) is 13.1 Å². The zero-order valence-electron chi connectivity index (χ0n) is 11.1. The summed E-state index contributed by atoms with van der Waals surface area (Å²) in [4.78, 5) is 3.61. The highest BCUT2D eigenvalue weighted by molar-refractivity contribution is 7.89. The number of aromatic nitrogens is 2. The average Bonchev–Trinajstić information content (AvgIpc) is 2.78. The van der Waals surface area contributed by atoms with Crippen molar-refractivity contribution >= 4 is 15.7 Å². The molecule has 0 unspecified atom stereocenters. The second-order valence-electron chi connectivity index (χ2n) is 4.41. The molecule has 108 valence electrons. The molecule has 6 nitrogen and oxygen atoms in total. The van der Waals surface area contributed by atoms with Crippen LogP contribution in [0.2, 0.25) is 0 Å². The highest BCUT2D eigenvalue weighted by atomic mass is 32.2. The minimum Gasteiger partial charge on any atom is -0.399 e. The summed E-state index contributed by atoms with van der Waals surface area (Å²) < 4.78 is 41.1. The lowest BCUT2D eigenvalue weighted by molar-refractivity contribution is 0.446. The number of aryl methyl sites for hydroxylation is 1. The molecule has 8 heteroatoms. The number of sulfonamides is 1. The molecule has 1 aromatic carbocycles. The largest absolute Gasteiger partial charge is 0.399 e. The topological polar surface area (TPSA) is 81.2 Å². The van der Waals surface area contributed by atoms with Gasteiger partial charge < -0.3 is 10.3 Å². The molecule has 0 aliphatic heterocycles. The summed E-state index contributed by atoms with van der Waals surface area (Å²) in [6, 6.07) is 3.46. The SMILES string of the molecule is CN(Cc1nccn1C)S(=O)(=O)c1cc(N)ccc1F. The first-order chi connectivity index (χ1) is 9.32. The summed E-state index contributed by atoms with van der Waals surface area (Å²) in [5.74, 6) is -0.272. The number of benzene rings is 1. The standard InChI is InChI=1S/C12H15FN4O2S/c1-16-6-5-15-12(16)8-17(2)20(18,19)11-7-9(14)3-4-10(11)13/h3-7H,8,14H2,1-2H3. The van der Waals surface area contributed by atoms with E-state index in [4.69, 9.17) is 5.73 Å². The molecule has 0 aliphatic rings. The van der Waals surface area contributed by atoms with Crippen molar-refractivity contribution in [3.8, 4) is 0 Å². The van der Waals surface area contributed by atoms with E-state index in [9.17, 15) is 12.8 Å². The van der Waals surface area contributed by atoms with E-state index >= 15 is 0 Å². The van der Waals surface area contributed by atoms with Crippen LogP contribution in [-0.2, 0) is 23.6 Å². The van der Waals surface area contributed by atoms with Crippen molar-refractivity contribution < 1.29 is 12.8 Å². The number of nitrogens with two attached hydrogens (primary N) is 1. The Morgan fingerprint density at radius 2 is 2.15 bits per heavy atom. The van der Waals surface area contributed by atoms with Gasteiger partial charge in [-0.15, -0.1) is 0 Å². The fraction of sp³-hybridized carbons (Fsp3) is 0.250. The van der Waals surface area contributed by atoms with Crippen molar-refractivity contribution in [1.82, 2.24) is 13.9 Å². The molecule has 1 heterocycles. The number of nitrogen functional groups attached to an aromatic ring is 1. The van der Waals surface area contributed by atoms with E-state index in [0.29, 0.717) is 5.82 Å². The van der Waals surface area contributed by atoms with E-state index in [0.717, 1.165) is 16.4 Å². The quantitative estimate of drug-likeness (QED) is 0.853. The number of imidazole rings is 1. The van der Waals surface area contributed by atoms with Crippen molar-refractivity contribution in [3.63, 3.8) is 0 Å². The first-order valence-corrected chi connectivity index (χ1v) is 7.24. The third-order valence-corrected chi connectivity index (χ3v) is 4.75. The van der Waals surface area contributed by atoms with Gasteiger partial charge in [0, 0.05) is 32.2 Å². The maximum absolute atomic E-state index is 13.7. The molecule has 0 bridgehead atoms. The van der Waals surface area contributed by atoms with Crippen LogP contribution in [0.5, 0.6) is 0 Å². The van der Waals surface area contributed by atoms with Gasteiger partial charge in [-0.3, -0.25) is 0 Å². The summed E-state index contributed by atoms with van der Waals surface area (Å²) in [5.41, 5.74) is 5.71. The lowest BCUT2D eigenvalue weighted by atomic mass is 10.3. The monoisotopic (exact) mass is 298 g/mol. The molecule has 0 saturated heterocycles. The van der Waals surface area contributed by atoms with Gasteiger partial charge in [-0.1, -0.05) is 0 Å². The molecule has 0 atom stereocenters. The van der Waals surface area contributed by atoms with Crippen LogP contribution in [0.4, 0.5) is 10.1 Å². The molecule has 0 aliphatic carbocycles. The highest BCUT2D eigenvalue weighted by Crippen LogP contribution is 2.21. The Morgan fingerprint density at radius 3 is 2.75 bits per heavy atom. The number of halogens is 1. The summed E-state index contributed by atoms with van der Waals surface area (Å²) in [6.45, 7) is 0.0417. The van der Waals surface area contributed by atoms with Crippen LogP contribution in [0.3, 0.4) is 0 Å². The molecule has 0 saturated carbocycles. The van der Waals surface area contributed by atoms with Crippen LogP contribution in [0, 0.1) is 5.82 Å². The molecular weight excluding hydrogens is 283 g/mol. The van der Waals surface area contributed by atoms with E-state index < -0.39 is 20.7 Å². The van der Waals surface area contributed by atoms with Gasteiger partial charge in [0.1, 0.15) is 16.5 Å². The molecule has 0 spiro atoms. The predicted molar refractivity (Wildman–Crippen MR) is 72.7 cm³/mol. The Labute approximate surface area is 116 Å². The van der Waals surface area contributed by atoms with Crippen LogP contribution < -0.4 is 5.73 Å². The van der Waals surface area contributed by atoms with E-state index in [-0.39, 0.29) is 12.2 Å². The minimum atomic E-state index is -3.96. The molecule has 1 aromatic heterocycles. The lowest BCUT2D eigenvalue weighted by Gasteiger charge is -2.17.